The number of carbonyl (C=O) groups is 2. The molecule has 1 fully saturated rings. The van der Waals surface area contributed by atoms with Gasteiger partial charge in [0.25, 0.3) is 0 Å². The second-order valence-corrected chi connectivity index (χ2v) is 3.38. The minimum absolute atomic E-state index is 0.345. The molecule has 1 aromatic heterocycles. The smallest absolute Gasteiger partial charge is 0.330 e. The Kier molecular flexibility index (Phi) is 2.51. The average molecular weight is 225 g/mol. The van der Waals surface area contributed by atoms with E-state index in [1.165, 1.54) is 0 Å². The summed E-state index contributed by atoms with van der Waals surface area (Å²) in [4.78, 5) is 26.0. The zero-order valence-electron chi connectivity index (χ0n) is 8.89. The van der Waals surface area contributed by atoms with Crippen LogP contribution in [0.5, 0.6) is 0 Å². The Labute approximate surface area is 91.4 Å². The van der Waals surface area contributed by atoms with Gasteiger partial charge in [0, 0.05) is 7.05 Å². The van der Waals surface area contributed by atoms with E-state index in [0.29, 0.717) is 5.82 Å². The third-order valence-electron chi connectivity index (χ3n) is 2.25. The van der Waals surface area contributed by atoms with Crippen molar-refractivity contribution in [1.29, 1.82) is 0 Å². The lowest BCUT2D eigenvalue weighted by molar-refractivity contribution is -0.197. The van der Waals surface area contributed by atoms with Crippen LogP contribution < -0.4 is 5.32 Å². The molecule has 7 heteroatoms. The molecule has 0 spiro atoms. The normalized spacial score (nSPS) is 16.9. The van der Waals surface area contributed by atoms with E-state index in [9.17, 15) is 9.59 Å². The highest BCUT2D eigenvalue weighted by molar-refractivity contribution is 5.92. The van der Waals surface area contributed by atoms with E-state index in [4.69, 9.17) is 9.47 Å². The highest BCUT2D eigenvalue weighted by Crippen LogP contribution is 2.14. The molecule has 0 saturated carbocycles. The molecule has 7 nitrogen and oxygen atoms in total. The highest BCUT2D eigenvalue weighted by Gasteiger charge is 2.28. The van der Waals surface area contributed by atoms with E-state index < -0.39 is 18.4 Å². The Bertz CT molecular complexity index is 424. The van der Waals surface area contributed by atoms with Gasteiger partial charge in [0.1, 0.15) is 18.1 Å². The van der Waals surface area contributed by atoms with Gasteiger partial charge in [0.05, 0.1) is 6.20 Å². The van der Waals surface area contributed by atoms with E-state index in [-0.39, 0.29) is 6.42 Å². The fraction of sp³-hybridized carbons (Fsp3) is 0.444. The third kappa shape index (κ3) is 1.97. The highest BCUT2D eigenvalue weighted by atomic mass is 16.7. The molecule has 0 aliphatic carbocycles. The summed E-state index contributed by atoms with van der Waals surface area (Å²) in [5.41, 5.74) is 0. The number of nitrogens with one attached hydrogen (secondary N) is 1. The first-order valence-corrected chi connectivity index (χ1v) is 4.70. The maximum Gasteiger partial charge on any atom is 0.330 e. The number of cyclic esters (lactones) is 2. The number of esters is 2. The van der Waals surface area contributed by atoms with Crippen LogP contribution in [0.4, 0.5) is 5.82 Å². The summed E-state index contributed by atoms with van der Waals surface area (Å²) in [5.74, 6) is 0.182. The van der Waals surface area contributed by atoms with Crippen LogP contribution in [0, 0.1) is 6.92 Å². The first kappa shape index (κ1) is 10.5. The van der Waals surface area contributed by atoms with Crippen molar-refractivity contribution < 1.29 is 19.1 Å². The van der Waals surface area contributed by atoms with Gasteiger partial charge in [-0.15, -0.1) is 0 Å². The Hall–Kier alpha value is -2.05. The van der Waals surface area contributed by atoms with Crippen LogP contribution in [-0.4, -0.2) is 27.9 Å². The van der Waals surface area contributed by atoms with Gasteiger partial charge in [-0.3, -0.25) is 9.59 Å². The summed E-state index contributed by atoms with van der Waals surface area (Å²) in [6, 6.07) is 0. The van der Waals surface area contributed by atoms with Crippen LogP contribution in [0.25, 0.3) is 0 Å². The van der Waals surface area contributed by atoms with E-state index in [0.717, 1.165) is 5.82 Å². The third-order valence-corrected chi connectivity index (χ3v) is 2.25. The van der Waals surface area contributed by atoms with Crippen LogP contribution >= 0.6 is 0 Å². The summed E-state index contributed by atoms with van der Waals surface area (Å²) >= 11 is 0. The van der Waals surface area contributed by atoms with E-state index in [2.05, 4.69) is 10.3 Å². The Morgan fingerprint density at radius 1 is 1.44 bits per heavy atom. The fourth-order valence-electron chi connectivity index (χ4n) is 1.28. The predicted molar refractivity (Wildman–Crippen MR) is 52.2 cm³/mol. The van der Waals surface area contributed by atoms with Gasteiger partial charge in [-0.25, -0.2) is 4.98 Å². The predicted octanol–water partition coefficient (Wildman–Crippen LogP) is -0.0859. The number of aryl methyl sites for hydroxylation is 1. The molecular formula is C9H11N3O4. The van der Waals surface area contributed by atoms with Crippen molar-refractivity contribution in [1.82, 2.24) is 9.55 Å². The van der Waals surface area contributed by atoms with Crippen LogP contribution in [0.1, 0.15) is 12.2 Å². The first-order valence-electron chi connectivity index (χ1n) is 4.70. The maximum absolute atomic E-state index is 11.0. The summed E-state index contributed by atoms with van der Waals surface area (Å²) in [5, 5.41) is 2.75. The molecule has 1 aromatic rings. The van der Waals surface area contributed by atoms with Crippen molar-refractivity contribution in [3.8, 4) is 0 Å². The maximum atomic E-state index is 11.0. The Morgan fingerprint density at radius 3 is 2.56 bits per heavy atom. The second kappa shape index (κ2) is 3.84. The van der Waals surface area contributed by atoms with Crippen LogP contribution in [0.15, 0.2) is 6.20 Å². The van der Waals surface area contributed by atoms with Gasteiger partial charge >= 0.3 is 18.4 Å². The lowest BCUT2D eigenvalue weighted by Gasteiger charge is -2.23. The van der Waals surface area contributed by atoms with Crippen molar-refractivity contribution in [2.45, 2.75) is 19.8 Å². The SMILES string of the molecule is Cc1ncc(NC2OC(=O)CC(=O)O2)n1C. The molecule has 1 aliphatic heterocycles. The molecule has 86 valence electrons. The summed E-state index contributed by atoms with van der Waals surface area (Å²) in [7, 11) is 1.79. The summed E-state index contributed by atoms with van der Waals surface area (Å²) in [6.07, 6.45) is 0.136. The molecule has 0 aromatic carbocycles. The van der Waals surface area contributed by atoms with E-state index >= 15 is 0 Å². The number of rotatable bonds is 2. The number of ether oxygens (including phenoxy) is 2. The number of imidazole rings is 1. The molecule has 2 rings (SSSR count). The van der Waals surface area contributed by atoms with Crippen LogP contribution in [-0.2, 0) is 26.1 Å². The minimum Gasteiger partial charge on any atom is -0.406 e. The lowest BCUT2D eigenvalue weighted by atomic mass is 10.4. The van der Waals surface area contributed by atoms with Crippen LogP contribution in [0.2, 0.25) is 0 Å². The zero-order valence-corrected chi connectivity index (χ0v) is 8.89. The zero-order chi connectivity index (χ0) is 11.7. The van der Waals surface area contributed by atoms with Gasteiger partial charge in [0.2, 0.25) is 0 Å². The van der Waals surface area contributed by atoms with Crippen LogP contribution in [0.3, 0.4) is 0 Å². The molecular weight excluding hydrogens is 214 g/mol. The van der Waals surface area contributed by atoms with Crippen molar-refractivity contribution in [3.63, 3.8) is 0 Å². The standard InChI is InChI=1S/C9H11N3O4/c1-5-10-4-6(12(5)2)11-9-15-7(13)3-8(14)16-9/h4,9,11H,3H2,1-2H3. The number of hydrogen-bond acceptors (Lipinski definition) is 6. The molecule has 0 unspecified atom stereocenters. The summed E-state index contributed by atoms with van der Waals surface area (Å²) in [6.45, 7) is 1.82. The van der Waals surface area contributed by atoms with Crippen molar-refractivity contribution in [2.75, 3.05) is 5.32 Å². The molecule has 0 amide bonds. The fourth-order valence-corrected chi connectivity index (χ4v) is 1.28. The van der Waals surface area contributed by atoms with Gasteiger partial charge in [0.15, 0.2) is 0 Å². The van der Waals surface area contributed by atoms with E-state index in [1.54, 1.807) is 17.8 Å². The van der Waals surface area contributed by atoms with Crippen molar-refractivity contribution >= 4 is 17.8 Å². The molecule has 1 saturated heterocycles. The summed E-state index contributed by atoms with van der Waals surface area (Å²) < 4.78 is 11.3. The molecule has 0 atom stereocenters. The van der Waals surface area contributed by atoms with Crippen molar-refractivity contribution in [2.24, 2.45) is 7.05 Å². The number of hydrogen-bond donors (Lipinski definition) is 1. The Morgan fingerprint density at radius 2 is 2.06 bits per heavy atom. The molecule has 0 bridgehead atoms. The van der Waals surface area contributed by atoms with Gasteiger partial charge < -0.3 is 19.4 Å². The molecule has 2 heterocycles. The monoisotopic (exact) mass is 225 g/mol. The topological polar surface area (TPSA) is 82.5 Å². The van der Waals surface area contributed by atoms with Gasteiger partial charge in [-0.1, -0.05) is 0 Å². The lowest BCUT2D eigenvalue weighted by Crippen LogP contribution is -2.38. The molecule has 0 radical (unpaired) electrons. The van der Waals surface area contributed by atoms with Crippen molar-refractivity contribution in [3.05, 3.63) is 12.0 Å². The number of carbonyl (C=O) groups excluding carboxylic acids is 2. The average Bonchev–Trinajstić information content (AvgIpc) is 2.48. The largest absolute Gasteiger partial charge is 0.406 e. The number of anilines is 1. The first-order chi connectivity index (χ1) is 7.56. The Balaban J connectivity index is 2.07. The number of aromatic nitrogens is 2. The second-order valence-electron chi connectivity index (χ2n) is 3.38. The van der Waals surface area contributed by atoms with Gasteiger partial charge in [-0.05, 0) is 6.92 Å². The molecule has 16 heavy (non-hydrogen) atoms. The van der Waals surface area contributed by atoms with E-state index in [1.807, 2.05) is 6.92 Å². The van der Waals surface area contributed by atoms with Gasteiger partial charge in [-0.2, -0.15) is 0 Å². The minimum atomic E-state index is -1.08. The quantitative estimate of drug-likeness (QED) is 0.559. The molecule has 1 aliphatic rings. The molecule has 1 N–H and O–H groups in total. The number of nitrogens with zero attached hydrogens (tertiary/aromatic N) is 2.